The van der Waals surface area contributed by atoms with E-state index in [0.717, 1.165) is 27.8 Å². The molecule has 142 valence electrons. The zero-order chi connectivity index (χ0) is 19.3. The van der Waals surface area contributed by atoms with E-state index in [2.05, 4.69) is 4.98 Å². The molecule has 1 atom stereocenters. The second kappa shape index (κ2) is 8.81. The van der Waals surface area contributed by atoms with Gasteiger partial charge in [0.15, 0.2) is 0 Å². The molecule has 2 aromatic rings. The fraction of sp³-hybridized carbons (Fsp3) is 0.450. The van der Waals surface area contributed by atoms with Crippen LogP contribution in [0, 0.1) is 20.8 Å². The van der Waals surface area contributed by atoms with E-state index >= 15 is 0 Å². The van der Waals surface area contributed by atoms with Crippen LogP contribution in [0.25, 0.3) is 0 Å². The predicted molar refractivity (Wildman–Crippen MR) is 104 cm³/mol. The van der Waals surface area contributed by atoms with Gasteiger partial charge >= 0.3 is 7.60 Å². The fourth-order valence-corrected chi connectivity index (χ4v) is 5.23. The number of aromatic hydroxyl groups is 1. The summed E-state index contributed by atoms with van der Waals surface area (Å²) in [5.74, 6) is 0.307. The highest BCUT2D eigenvalue weighted by Crippen LogP contribution is 2.62. The standard InChI is InChI=1S/C20H28NO4P/c1-6-24-26(23,25-7-2)19(17-9-8-10-21-13-17)12-18-11-14(3)20(22)16(5)15(18)4/h8-11,13,19,22H,6-7,12H2,1-5H3. The Morgan fingerprint density at radius 2 is 1.81 bits per heavy atom. The zero-order valence-electron chi connectivity index (χ0n) is 16.2. The normalized spacial score (nSPS) is 13.0. The number of pyridine rings is 1. The number of benzene rings is 1. The van der Waals surface area contributed by atoms with E-state index in [0.29, 0.717) is 25.4 Å². The van der Waals surface area contributed by atoms with Gasteiger partial charge in [-0.25, -0.2) is 0 Å². The highest BCUT2D eigenvalue weighted by atomic mass is 31.2. The minimum absolute atomic E-state index is 0.306. The van der Waals surface area contributed by atoms with Crippen LogP contribution >= 0.6 is 7.60 Å². The summed E-state index contributed by atoms with van der Waals surface area (Å²) in [6.45, 7) is 9.97. The fourth-order valence-electron chi connectivity index (χ4n) is 3.13. The van der Waals surface area contributed by atoms with Crippen molar-refractivity contribution < 1.29 is 18.7 Å². The van der Waals surface area contributed by atoms with Gasteiger partial charge in [0.05, 0.1) is 18.9 Å². The summed E-state index contributed by atoms with van der Waals surface area (Å²) < 4.78 is 24.8. The van der Waals surface area contributed by atoms with Crippen LogP contribution in [0.5, 0.6) is 5.75 Å². The van der Waals surface area contributed by atoms with Crippen LogP contribution < -0.4 is 0 Å². The first kappa shape index (κ1) is 20.6. The van der Waals surface area contributed by atoms with Crippen LogP contribution in [0.3, 0.4) is 0 Å². The first-order chi connectivity index (χ1) is 12.3. The summed E-state index contributed by atoms with van der Waals surface area (Å²) in [5, 5.41) is 10.2. The van der Waals surface area contributed by atoms with E-state index in [9.17, 15) is 9.67 Å². The van der Waals surface area contributed by atoms with Crippen molar-refractivity contribution >= 4 is 7.60 Å². The largest absolute Gasteiger partial charge is 0.507 e. The molecule has 1 unspecified atom stereocenters. The molecule has 1 N–H and O–H groups in total. The molecule has 0 spiro atoms. The van der Waals surface area contributed by atoms with Crippen molar-refractivity contribution in [3.05, 3.63) is 58.4 Å². The van der Waals surface area contributed by atoms with Crippen molar-refractivity contribution in [2.45, 2.75) is 46.7 Å². The summed E-state index contributed by atoms with van der Waals surface area (Å²) in [6, 6.07) is 5.67. The predicted octanol–water partition coefficient (Wildman–Crippen LogP) is 5.26. The molecule has 0 aliphatic rings. The zero-order valence-corrected chi connectivity index (χ0v) is 17.0. The Kier molecular flexibility index (Phi) is 6.99. The number of hydrogen-bond donors (Lipinski definition) is 1. The van der Waals surface area contributed by atoms with Gasteiger partial charge in [0.25, 0.3) is 0 Å². The summed E-state index contributed by atoms with van der Waals surface area (Å²) in [4.78, 5) is 4.18. The van der Waals surface area contributed by atoms with Crippen LogP contribution in [0.4, 0.5) is 0 Å². The van der Waals surface area contributed by atoms with Crippen LogP contribution in [0.1, 0.15) is 47.3 Å². The molecule has 1 aromatic carbocycles. The first-order valence-corrected chi connectivity index (χ1v) is 10.5. The Hall–Kier alpha value is -1.68. The van der Waals surface area contributed by atoms with Crippen molar-refractivity contribution in [1.29, 1.82) is 0 Å². The molecule has 0 radical (unpaired) electrons. The number of aryl methyl sites for hydroxylation is 1. The lowest BCUT2D eigenvalue weighted by Crippen LogP contribution is -2.11. The average Bonchev–Trinajstić information content (AvgIpc) is 2.63. The number of phenolic OH excluding ortho intramolecular Hbond substituents is 1. The molecule has 1 heterocycles. The number of phenols is 1. The van der Waals surface area contributed by atoms with Gasteiger partial charge in [-0.2, -0.15) is 0 Å². The molecule has 0 saturated heterocycles. The molecule has 2 rings (SSSR count). The summed E-state index contributed by atoms with van der Waals surface area (Å²) in [7, 11) is -3.38. The van der Waals surface area contributed by atoms with E-state index < -0.39 is 13.3 Å². The third-order valence-electron chi connectivity index (χ3n) is 4.65. The van der Waals surface area contributed by atoms with Crippen molar-refractivity contribution in [2.24, 2.45) is 0 Å². The van der Waals surface area contributed by atoms with Gasteiger partial charge in [0.2, 0.25) is 0 Å². The summed E-state index contributed by atoms with van der Waals surface area (Å²) in [6.07, 6.45) is 3.88. The Labute approximate surface area is 155 Å². The molecule has 0 aliphatic carbocycles. The van der Waals surface area contributed by atoms with E-state index in [1.165, 1.54) is 0 Å². The lowest BCUT2D eigenvalue weighted by molar-refractivity contribution is 0.211. The van der Waals surface area contributed by atoms with Crippen LogP contribution in [0.15, 0.2) is 30.6 Å². The highest BCUT2D eigenvalue weighted by Gasteiger charge is 2.37. The van der Waals surface area contributed by atoms with Gasteiger partial charge in [-0.05, 0) is 74.9 Å². The molecular weight excluding hydrogens is 349 g/mol. The van der Waals surface area contributed by atoms with Gasteiger partial charge in [0, 0.05) is 12.4 Å². The molecule has 5 nitrogen and oxygen atoms in total. The van der Waals surface area contributed by atoms with E-state index in [-0.39, 0.29) is 0 Å². The molecular formula is C20H28NO4P. The number of hydrogen-bond acceptors (Lipinski definition) is 5. The summed E-state index contributed by atoms with van der Waals surface area (Å²) >= 11 is 0. The second-order valence-corrected chi connectivity index (χ2v) is 8.55. The number of aromatic nitrogens is 1. The topological polar surface area (TPSA) is 68.7 Å². The monoisotopic (exact) mass is 377 g/mol. The molecule has 0 saturated carbocycles. The first-order valence-electron chi connectivity index (χ1n) is 8.91. The Morgan fingerprint density at radius 3 is 2.35 bits per heavy atom. The lowest BCUT2D eigenvalue weighted by atomic mass is 9.94. The second-order valence-electron chi connectivity index (χ2n) is 6.33. The third-order valence-corrected chi connectivity index (χ3v) is 7.13. The number of rotatable bonds is 8. The minimum atomic E-state index is -3.38. The van der Waals surface area contributed by atoms with E-state index in [4.69, 9.17) is 9.05 Å². The molecule has 1 aromatic heterocycles. The van der Waals surface area contributed by atoms with Crippen molar-refractivity contribution in [3.8, 4) is 5.75 Å². The van der Waals surface area contributed by atoms with Gasteiger partial charge in [-0.1, -0.05) is 12.1 Å². The van der Waals surface area contributed by atoms with Crippen molar-refractivity contribution in [1.82, 2.24) is 4.98 Å². The van der Waals surface area contributed by atoms with Gasteiger partial charge in [0.1, 0.15) is 5.75 Å². The maximum atomic E-state index is 13.5. The van der Waals surface area contributed by atoms with Crippen LogP contribution in [-0.4, -0.2) is 23.3 Å². The SMILES string of the molecule is CCOP(=O)(OCC)C(Cc1cc(C)c(O)c(C)c1C)c1cccnc1. The molecule has 0 aliphatic heterocycles. The molecule has 0 fully saturated rings. The third kappa shape index (κ3) is 4.35. The van der Waals surface area contributed by atoms with Crippen molar-refractivity contribution in [3.63, 3.8) is 0 Å². The van der Waals surface area contributed by atoms with Crippen LogP contribution in [0.2, 0.25) is 0 Å². The molecule has 0 bridgehead atoms. The maximum Gasteiger partial charge on any atom is 0.338 e. The molecule has 26 heavy (non-hydrogen) atoms. The maximum absolute atomic E-state index is 13.5. The molecule has 0 amide bonds. The Bertz CT molecular complexity index is 782. The van der Waals surface area contributed by atoms with E-state index in [1.807, 2.05) is 52.8 Å². The van der Waals surface area contributed by atoms with E-state index in [1.54, 1.807) is 12.4 Å². The lowest BCUT2D eigenvalue weighted by Gasteiger charge is -2.27. The summed E-state index contributed by atoms with van der Waals surface area (Å²) in [5.41, 5.74) is 4.01. The van der Waals surface area contributed by atoms with Crippen LogP contribution in [-0.2, 0) is 20.0 Å². The van der Waals surface area contributed by atoms with Crippen molar-refractivity contribution in [2.75, 3.05) is 13.2 Å². The van der Waals surface area contributed by atoms with Gasteiger partial charge in [-0.15, -0.1) is 0 Å². The van der Waals surface area contributed by atoms with Gasteiger partial charge < -0.3 is 14.2 Å². The van der Waals surface area contributed by atoms with Gasteiger partial charge in [-0.3, -0.25) is 9.55 Å². The number of nitrogens with zero attached hydrogens (tertiary/aromatic N) is 1. The smallest absolute Gasteiger partial charge is 0.338 e. The molecule has 6 heteroatoms. The Morgan fingerprint density at radius 1 is 1.15 bits per heavy atom. The highest BCUT2D eigenvalue weighted by molar-refractivity contribution is 7.54. The average molecular weight is 377 g/mol. The quantitative estimate of drug-likeness (QED) is 0.635. The Balaban J connectivity index is 2.54. The minimum Gasteiger partial charge on any atom is -0.507 e.